The molecular weight excluding hydrogens is 148 g/mol. The highest BCUT2D eigenvalue weighted by Crippen LogP contribution is 2.15. The highest BCUT2D eigenvalue weighted by molar-refractivity contribution is 5.85. The Morgan fingerprint density at radius 1 is 0.800 bits per heavy atom. The summed E-state index contributed by atoms with van der Waals surface area (Å²) in [5.74, 6) is 0. The van der Waals surface area contributed by atoms with Crippen LogP contribution in [-0.2, 0) is 0 Å². The summed E-state index contributed by atoms with van der Waals surface area (Å²) < 4.78 is 0. The van der Waals surface area contributed by atoms with Crippen LogP contribution >= 0.6 is 12.4 Å². The third kappa shape index (κ3) is 24.1. The second-order valence-corrected chi connectivity index (χ2v) is 2.76. The van der Waals surface area contributed by atoms with Gasteiger partial charge in [0.2, 0.25) is 0 Å². The lowest BCUT2D eigenvalue weighted by Crippen LogP contribution is -1.99. The summed E-state index contributed by atoms with van der Waals surface area (Å²) in [7, 11) is 6.00. The molecule has 66 valence electrons. The zero-order valence-corrected chi connectivity index (χ0v) is 8.21. The van der Waals surface area contributed by atoms with Crippen molar-refractivity contribution in [3.63, 3.8) is 0 Å². The van der Waals surface area contributed by atoms with E-state index in [9.17, 15) is 0 Å². The minimum atomic E-state index is 0. The van der Waals surface area contributed by atoms with Crippen LogP contribution in [0.4, 0.5) is 0 Å². The summed E-state index contributed by atoms with van der Waals surface area (Å²) in [5.41, 5.74) is 0. The van der Waals surface area contributed by atoms with Crippen molar-refractivity contribution in [3.05, 3.63) is 0 Å². The molecule has 0 bridgehead atoms. The zero-order chi connectivity index (χ0) is 6.41. The molecule has 3 N–H and O–H groups in total. The maximum atomic E-state index is 2.00. The van der Waals surface area contributed by atoms with Gasteiger partial charge in [0.15, 0.2) is 0 Å². The van der Waals surface area contributed by atoms with E-state index in [-0.39, 0.29) is 18.6 Å². The van der Waals surface area contributed by atoms with Crippen molar-refractivity contribution in [2.45, 2.75) is 25.7 Å². The second-order valence-electron chi connectivity index (χ2n) is 2.76. The van der Waals surface area contributed by atoms with Gasteiger partial charge in [-0.15, -0.1) is 12.4 Å². The molecule has 0 aliphatic heterocycles. The molecule has 1 aliphatic rings. The Kier molecular flexibility index (Phi) is 19.9. The lowest BCUT2D eigenvalue weighted by molar-refractivity contribution is 0.504. The average Bonchev–Trinajstić information content (AvgIpc) is 1.19. The van der Waals surface area contributed by atoms with E-state index in [4.69, 9.17) is 0 Å². The summed E-state index contributed by atoms with van der Waals surface area (Å²) in [6, 6.07) is 0. The Balaban J connectivity index is -0.0000000817. The molecule has 0 radical (unpaired) electrons. The van der Waals surface area contributed by atoms with Crippen LogP contribution in [-0.4, -0.2) is 26.0 Å². The molecule has 0 spiro atoms. The van der Waals surface area contributed by atoms with Crippen LogP contribution in [0.1, 0.15) is 25.7 Å². The summed E-state index contributed by atoms with van der Waals surface area (Å²) in [6.07, 6.45) is 6.00. The van der Waals surface area contributed by atoms with Crippen molar-refractivity contribution < 1.29 is 0 Å². The first kappa shape index (κ1) is 16.7. The van der Waals surface area contributed by atoms with E-state index in [0.29, 0.717) is 0 Å². The summed E-state index contributed by atoms with van der Waals surface area (Å²) in [6.45, 7) is 0. The summed E-state index contributed by atoms with van der Waals surface area (Å²) in [4.78, 5) is 2.00. The monoisotopic (exact) mass is 168 g/mol. The van der Waals surface area contributed by atoms with Crippen LogP contribution in [0.5, 0.6) is 0 Å². The van der Waals surface area contributed by atoms with Gasteiger partial charge in [-0.25, -0.2) is 0 Å². The van der Waals surface area contributed by atoms with Crippen molar-refractivity contribution in [2.75, 3.05) is 21.1 Å². The summed E-state index contributed by atoms with van der Waals surface area (Å²) in [5, 5.41) is 0. The highest BCUT2D eigenvalue weighted by atomic mass is 35.5. The zero-order valence-electron chi connectivity index (χ0n) is 7.39. The van der Waals surface area contributed by atoms with Gasteiger partial charge in [0.1, 0.15) is 0 Å². The van der Waals surface area contributed by atoms with Crippen LogP contribution in [0.25, 0.3) is 0 Å². The highest BCUT2D eigenvalue weighted by Gasteiger charge is 1.95. The Morgan fingerprint density at radius 3 is 0.900 bits per heavy atom. The number of rotatable bonds is 0. The molecule has 3 heteroatoms. The van der Waals surface area contributed by atoms with Crippen LogP contribution in [0, 0.1) is 0 Å². The van der Waals surface area contributed by atoms with Gasteiger partial charge in [-0.2, -0.15) is 0 Å². The molecule has 1 rings (SSSR count). The van der Waals surface area contributed by atoms with Gasteiger partial charge in [-0.05, 0) is 21.1 Å². The van der Waals surface area contributed by atoms with Crippen LogP contribution in [0.15, 0.2) is 0 Å². The predicted molar refractivity (Wildman–Crippen MR) is 50.3 cm³/mol. The molecule has 1 fully saturated rings. The maximum Gasteiger partial charge on any atom is -0.0140 e. The second kappa shape index (κ2) is 11.9. The molecule has 2 nitrogen and oxygen atoms in total. The van der Waals surface area contributed by atoms with Crippen molar-refractivity contribution in [1.82, 2.24) is 11.1 Å². The average molecular weight is 169 g/mol. The molecule has 0 amide bonds. The van der Waals surface area contributed by atoms with E-state index >= 15 is 0 Å². The molecule has 0 aromatic heterocycles. The minimum Gasteiger partial charge on any atom is -0.344 e. The first-order valence-electron chi connectivity index (χ1n) is 3.34. The maximum absolute atomic E-state index is 2.00. The molecule has 1 saturated carbocycles. The van der Waals surface area contributed by atoms with E-state index < -0.39 is 0 Å². The minimum absolute atomic E-state index is 0. The normalized spacial score (nSPS) is 13.2. The molecule has 0 aromatic rings. The predicted octanol–water partition coefficient (Wildman–Crippen LogP) is 2.32. The number of hydrogen-bond acceptors (Lipinski definition) is 2. The van der Waals surface area contributed by atoms with Gasteiger partial charge < -0.3 is 11.1 Å². The van der Waals surface area contributed by atoms with Gasteiger partial charge in [-0.1, -0.05) is 25.7 Å². The molecule has 0 saturated heterocycles. The largest absolute Gasteiger partial charge is 0.344 e. The van der Waals surface area contributed by atoms with Crippen LogP contribution in [0.2, 0.25) is 0 Å². The summed E-state index contributed by atoms with van der Waals surface area (Å²) >= 11 is 0. The Hall–Kier alpha value is 0.210. The van der Waals surface area contributed by atoms with Gasteiger partial charge in [0.05, 0.1) is 0 Å². The topological polar surface area (TPSA) is 38.2 Å². The van der Waals surface area contributed by atoms with Gasteiger partial charge in [0, 0.05) is 0 Å². The molecule has 10 heavy (non-hydrogen) atoms. The number of hydrogen-bond donors (Lipinski definition) is 1. The van der Waals surface area contributed by atoms with E-state index in [1.165, 1.54) is 25.7 Å². The smallest absolute Gasteiger partial charge is 0.0140 e. The Labute approximate surface area is 71.0 Å². The van der Waals surface area contributed by atoms with E-state index in [0.717, 1.165) is 0 Å². The van der Waals surface area contributed by atoms with E-state index in [1.54, 1.807) is 0 Å². The van der Waals surface area contributed by atoms with Crippen molar-refractivity contribution >= 4 is 12.4 Å². The third-order valence-corrected chi connectivity index (χ3v) is 1.000. The first-order valence-corrected chi connectivity index (χ1v) is 3.34. The SMILES string of the molecule is C1CCC1.CN(C)C.Cl.N. The molecule has 0 atom stereocenters. The fraction of sp³-hybridized carbons (Fsp3) is 1.00. The standard InChI is InChI=1S/C4H8.C3H9N.ClH.H3N/c1-2-4-3-1;1-4(2)3;;/h1-4H2;1-3H3;1H;1H3. The molecule has 1 aliphatic carbocycles. The molecule has 0 aromatic carbocycles. The van der Waals surface area contributed by atoms with E-state index in [1.807, 2.05) is 26.0 Å². The van der Waals surface area contributed by atoms with Crippen molar-refractivity contribution in [1.29, 1.82) is 0 Å². The van der Waals surface area contributed by atoms with Crippen LogP contribution in [0.3, 0.4) is 0 Å². The third-order valence-electron chi connectivity index (χ3n) is 1.000. The lowest BCUT2D eigenvalue weighted by Gasteiger charge is -2.05. The fourth-order valence-electron chi connectivity index (χ4n) is 0.250. The van der Waals surface area contributed by atoms with Gasteiger partial charge in [0.25, 0.3) is 0 Å². The van der Waals surface area contributed by atoms with Crippen molar-refractivity contribution in [3.8, 4) is 0 Å². The Morgan fingerprint density at radius 2 is 0.900 bits per heavy atom. The first-order chi connectivity index (χ1) is 3.73. The Bertz CT molecular complexity index is 38.1. The van der Waals surface area contributed by atoms with Crippen LogP contribution < -0.4 is 6.15 Å². The number of halogens is 1. The van der Waals surface area contributed by atoms with Gasteiger partial charge in [-0.3, -0.25) is 0 Å². The molecular formula is C7H21ClN2. The molecule has 0 unspecified atom stereocenters. The lowest BCUT2D eigenvalue weighted by atomic mass is 10.0. The van der Waals surface area contributed by atoms with Crippen molar-refractivity contribution in [2.24, 2.45) is 0 Å². The fourth-order valence-corrected chi connectivity index (χ4v) is 0.250. The molecule has 0 heterocycles. The number of nitrogens with zero attached hydrogens (tertiary/aromatic N) is 1. The van der Waals surface area contributed by atoms with Gasteiger partial charge >= 0.3 is 0 Å². The quantitative estimate of drug-likeness (QED) is 0.603. The van der Waals surface area contributed by atoms with E-state index in [2.05, 4.69) is 0 Å².